The van der Waals surface area contributed by atoms with Crippen molar-refractivity contribution in [3.05, 3.63) is 104 Å². The van der Waals surface area contributed by atoms with Gasteiger partial charge in [-0.2, -0.15) is 0 Å². The Hall–Kier alpha value is -4.39. The van der Waals surface area contributed by atoms with Gasteiger partial charge in [0.05, 0.1) is 43.6 Å². The fourth-order valence-electron chi connectivity index (χ4n) is 4.99. The predicted molar refractivity (Wildman–Crippen MR) is 162 cm³/mol. The molecule has 6 rings (SSSR count). The summed E-state index contributed by atoms with van der Waals surface area (Å²) in [6.45, 7) is 1.65. The Morgan fingerprint density at radius 3 is 2.37 bits per heavy atom. The third kappa shape index (κ3) is 5.56. The van der Waals surface area contributed by atoms with Crippen LogP contribution < -0.4 is 21.7 Å². The fourth-order valence-corrected chi connectivity index (χ4v) is 6.29. The molecule has 222 valence electrons. The number of rotatable bonds is 9. The van der Waals surface area contributed by atoms with Gasteiger partial charge in [0.1, 0.15) is 16.5 Å². The molecule has 0 amide bonds. The van der Waals surface area contributed by atoms with Crippen molar-refractivity contribution in [2.75, 3.05) is 39.6 Å². The summed E-state index contributed by atoms with van der Waals surface area (Å²) < 4.78 is 42.9. The van der Waals surface area contributed by atoms with Gasteiger partial charge in [0.15, 0.2) is 0 Å². The highest BCUT2D eigenvalue weighted by molar-refractivity contribution is 7.22. The maximum atomic E-state index is 14.9. The Labute approximate surface area is 249 Å². The van der Waals surface area contributed by atoms with E-state index in [-0.39, 0.29) is 16.6 Å². The Bertz CT molecular complexity index is 1890. The summed E-state index contributed by atoms with van der Waals surface area (Å²) in [4.78, 5) is 35.6. The molecular formula is C31H29F2N5O4S. The Morgan fingerprint density at radius 2 is 1.77 bits per heavy atom. The zero-order valence-corrected chi connectivity index (χ0v) is 24.4. The van der Waals surface area contributed by atoms with Crippen molar-refractivity contribution in [2.45, 2.75) is 13.1 Å². The van der Waals surface area contributed by atoms with Crippen molar-refractivity contribution in [2.24, 2.45) is 5.92 Å². The van der Waals surface area contributed by atoms with Gasteiger partial charge in [-0.3, -0.25) is 9.36 Å². The number of aromatic nitrogens is 3. The van der Waals surface area contributed by atoms with E-state index in [4.69, 9.17) is 15.2 Å². The number of anilines is 1. The van der Waals surface area contributed by atoms with Crippen molar-refractivity contribution in [1.29, 1.82) is 0 Å². The normalized spacial score (nSPS) is 13.5. The lowest BCUT2D eigenvalue weighted by Gasteiger charge is -2.25. The molecule has 1 aliphatic rings. The van der Waals surface area contributed by atoms with Crippen LogP contribution in [0.25, 0.3) is 26.3 Å². The molecule has 0 spiro atoms. The van der Waals surface area contributed by atoms with Crippen LogP contribution in [0.4, 0.5) is 14.5 Å². The second kappa shape index (κ2) is 11.7. The van der Waals surface area contributed by atoms with E-state index in [9.17, 15) is 18.4 Å². The first-order valence-electron chi connectivity index (χ1n) is 13.6. The monoisotopic (exact) mass is 605 g/mol. The zero-order valence-electron chi connectivity index (χ0n) is 23.5. The number of nitrogen functional groups attached to an aromatic ring is 1. The standard InChI is InChI=1S/C31H29F2N5O4S/c1-36(2)13-23-27-29(39)38(21-10-11-26(35-12-21)42-17-18-15-41-16-18)31(40)37(14-22-24(32)4-3-5-25(22)33)30(27)43-28(23)19-6-8-20(34)9-7-19/h3-12,18H,13-17,34H2,1-2H3. The topological polar surface area (TPSA) is 105 Å². The SMILES string of the molecule is CN(C)Cc1c(-c2ccc(N)cc2)sc2c1c(=O)n(-c1ccc(OCC3COC3)nc1)c(=O)n2Cc1c(F)cccc1F. The van der Waals surface area contributed by atoms with Gasteiger partial charge >= 0.3 is 5.69 Å². The molecule has 1 aliphatic heterocycles. The summed E-state index contributed by atoms with van der Waals surface area (Å²) in [5.41, 5.74) is 6.61. The number of hydrogen-bond donors (Lipinski definition) is 1. The van der Waals surface area contributed by atoms with Crippen LogP contribution in [0.3, 0.4) is 0 Å². The van der Waals surface area contributed by atoms with E-state index in [1.165, 1.54) is 28.2 Å². The predicted octanol–water partition coefficient (Wildman–Crippen LogP) is 4.27. The van der Waals surface area contributed by atoms with Crippen LogP contribution in [-0.2, 0) is 17.8 Å². The Balaban J connectivity index is 1.58. The number of nitrogens with two attached hydrogens (primary N) is 1. The highest BCUT2D eigenvalue weighted by Crippen LogP contribution is 2.38. The number of benzene rings is 2. The zero-order chi connectivity index (χ0) is 30.2. The third-order valence-corrected chi connectivity index (χ3v) is 8.55. The molecule has 1 saturated heterocycles. The van der Waals surface area contributed by atoms with Crippen LogP contribution in [0, 0.1) is 17.6 Å². The van der Waals surface area contributed by atoms with Gasteiger partial charge in [-0.15, -0.1) is 11.3 Å². The summed E-state index contributed by atoms with van der Waals surface area (Å²) in [5, 5.41) is 0.284. The lowest BCUT2D eigenvalue weighted by molar-refractivity contribution is -0.0514. The van der Waals surface area contributed by atoms with E-state index < -0.39 is 29.4 Å². The average molecular weight is 606 g/mol. The smallest absolute Gasteiger partial charge is 0.337 e. The van der Waals surface area contributed by atoms with Crippen LogP contribution in [0.15, 0.2) is 70.4 Å². The van der Waals surface area contributed by atoms with Crippen LogP contribution in [0.1, 0.15) is 11.1 Å². The van der Waals surface area contributed by atoms with Crippen LogP contribution in [0.5, 0.6) is 5.88 Å². The molecule has 0 bridgehead atoms. The number of halogens is 2. The first-order chi connectivity index (χ1) is 20.7. The van der Waals surface area contributed by atoms with Gasteiger partial charge in [0.2, 0.25) is 5.88 Å². The van der Waals surface area contributed by atoms with E-state index in [1.807, 2.05) is 31.1 Å². The number of nitrogens with zero attached hydrogens (tertiary/aromatic N) is 4. The van der Waals surface area contributed by atoms with Crippen LogP contribution in [-0.4, -0.2) is 52.9 Å². The Kier molecular flexibility index (Phi) is 7.82. The fraction of sp³-hybridized carbons (Fsp3) is 0.258. The highest BCUT2D eigenvalue weighted by atomic mass is 32.1. The number of fused-ring (bicyclic) bond motifs is 1. The maximum Gasteiger partial charge on any atom is 0.337 e. The van der Waals surface area contributed by atoms with Gasteiger partial charge in [0.25, 0.3) is 5.56 Å². The summed E-state index contributed by atoms with van der Waals surface area (Å²) in [6.07, 6.45) is 1.38. The molecule has 3 aromatic heterocycles. The molecule has 1 fully saturated rings. The molecule has 0 unspecified atom stereocenters. The van der Waals surface area contributed by atoms with E-state index in [0.29, 0.717) is 54.2 Å². The minimum atomic E-state index is -0.790. The van der Waals surface area contributed by atoms with E-state index in [0.717, 1.165) is 27.1 Å². The second-order valence-electron chi connectivity index (χ2n) is 10.7. The number of ether oxygens (including phenoxy) is 2. The molecular weight excluding hydrogens is 576 g/mol. The van der Waals surface area contributed by atoms with Crippen LogP contribution >= 0.6 is 11.3 Å². The molecule has 0 aliphatic carbocycles. The minimum Gasteiger partial charge on any atom is -0.477 e. The first-order valence-corrected chi connectivity index (χ1v) is 14.4. The molecule has 9 nitrogen and oxygen atoms in total. The number of pyridine rings is 1. The lowest BCUT2D eigenvalue weighted by atomic mass is 10.1. The average Bonchev–Trinajstić information content (AvgIpc) is 3.31. The maximum absolute atomic E-state index is 14.9. The second-order valence-corrected chi connectivity index (χ2v) is 11.7. The molecule has 0 atom stereocenters. The summed E-state index contributed by atoms with van der Waals surface area (Å²) >= 11 is 1.23. The molecule has 2 aromatic carbocycles. The van der Waals surface area contributed by atoms with Crippen molar-refractivity contribution in [3.8, 4) is 22.0 Å². The molecule has 43 heavy (non-hydrogen) atoms. The van der Waals surface area contributed by atoms with E-state index >= 15 is 0 Å². The van der Waals surface area contributed by atoms with Gasteiger partial charge in [-0.05, 0) is 55.6 Å². The molecule has 5 aromatic rings. The van der Waals surface area contributed by atoms with Crippen LogP contribution in [0.2, 0.25) is 0 Å². The van der Waals surface area contributed by atoms with Crippen molar-refractivity contribution >= 4 is 27.2 Å². The lowest BCUT2D eigenvalue weighted by Crippen LogP contribution is -2.39. The van der Waals surface area contributed by atoms with Gasteiger partial charge in [-0.25, -0.2) is 23.1 Å². The van der Waals surface area contributed by atoms with Gasteiger partial charge in [0, 0.05) is 34.7 Å². The number of thiophene rings is 1. The summed E-state index contributed by atoms with van der Waals surface area (Å²) in [7, 11) is 3.75. The molecule has 0 radical (unpaired) electrons. The summed E-state index contributed by atoms with van der Waals surface area (Å²) in [5.74, 6) is -0.947. The molecule has 4 heterocycles. The first kappa shape index (κ1) is 28.7. The van der Waals surface area contributed by atoms with Gasteiger partial charge < -0.3 is 20.1 Å². The third-order valence-electron chi connectivity index (χ3n) is 7.25. The molecule has 0 saturated carbocycles. The minimum absolute atomic E-state index is 0.204. The molecule has 2 N–H and O–H groups in total. The summed E-state index contributed by atoms with van der Waals surface area (Å²) in [6, 6.07) is 13.9. The van der Waals surface area contributed by atoms with Gasteiger partial charge in [-0.1, -0.05) is 18.2 Å². The quantitative estimate of drug-likeness (QED) is 0.250. The largest absolute Gasteiger partial charge is 0.477 e. The van der Waals surface area contributed by atoms with E-state index in [1.54, 1.807) is 24.3 Å². The van der Waals surface area contributed by atoms with Crippen molar-refractivity contribution in [1.82, 2.24) is 19.0 Å². The highest BCUT2D eigenvalue weighted by Gasteiger charge is 2.25. The van der Waals surface area contributed by atoms with E-state index in [2.05, 4.69) is 4.98 Å². The van der Waals surface area contributed by atoms with Crippen molar-refractivity contribution < 1.29 is 18.3 Å². The van der Waals surface area contributed by atoms with Crippen molar-refractivity contribution in [3.63, 3.8) is 0 Å². The Morgan fingerprint density at radius 1 is 1.05 bits per heavy atom. The molecule has 12 heteroatoms. The number of hydrogen-bond acceptors (Lipinski definition) is 8.